The van der Waals surface area contributed by atoms with Crippen molar-refractivity contribution in [2.24, 2.45) is 0 Å². The quantitative estimate of drug-likeness (QED) is 0.458. The van der Waals surface area contributed by atoms with Gasteiger partial charge in [-0.25, -0.2) is 8.78 Å². The summed E-state index contributed by atoms with van der Waals surface area (Å²) in [4.78, 5) is 0. The van der Waals surface area contributed by atoms with Gasteiger partial charge in [0.25, 0.3) is 0 Å². The molecule has 6 heteroatoms. The highest BCUT2D eigenvalue weighted by atomic mass is 19.4. The van der Waals surface area contributed by atoms with Crippen molar-refractivity contribution in [2.45, 2.75) is 44.5 Å². The fourth-order valence-corrected chi connectivity index (χ4v) is 1.12. The van der Waals surface area contributed by atoms with Crippen LogP contribution in [0, 0.1) is 0 Å². The Bertz CT molecular complexity index is 148. The topological polar surface area (TPSA) is 9.23 Å². The van der Waals surface area contributed by atoms with Gasteiger partial charge in [-0.15, -0.1) is 0 Å². The van der Waals surface area contributed by atoms with E-state index in [2.05, 4.69) is 4.74 Å². The second kappa shape index (κ2) is 7.84. The molecular weight excluding hydrogens is 219 g/mol. The molecule has 0 amide bonds. The van der Waals surface area contributed by atoms with Gasteiger partial charge in [0.1, 0.15) is 6.17 Å². The SMILES string of the molecule is FCOCC(F)CCCCCC(F)(F)F. The summed E-state index contributed by atoms with van der Waals surface area (Å²) in [5.41, 5.74) is 0. The number of hydrogen-bond acceptors (Lipinski definition) is 1. The number of rotatable bonds is 8. The van der Waals surface area contributed by atoms with Crippen LogP contribution in [-0.4, -0.2) is 25.8 Å². The summed E-state index contributed by atoms with van der Waals surface area (Å²) < 4.78 is 63.4. The van der Waals surface area contributed by atoms with Gasteiger partial charge in [0.05, 0.1) is 6.61 Å². The van der Waals surface area contributed by atoms with E-state index in [-0.39, 0.29) is 19.4 Å². The number of alkyl halides is 5. The Morgan fingerprint density at radius 1 is 1.07 bits per heavy atom. The predicted molar refractivity (Wildman–Crippen MR) is 46.0 cm³/mol. The summed E-state index contributed by atoms with van der Waals surface area (Å²) in [7, 11) is 0. The maximum absolute atomic E-state index is 12.7. The first kappa shape index (κ1) is 14.6. The van der Waals surface area contributed by atoms with Gasteiger partial charge in [-0.05, 0) is 12.8 Å². The second-order valence-corrected chi connectivity index (χ2v) is 3.29. The summed E-state index contributed by atoms with van der Waals surface area (Å²) in [6.45, 7) is -1.36. The standard InChI is InChI=1S/C9H15F5O/c10-7-15-6-8(11)4-2-1-3-5-9(12,13)14/h8H,1-7H2. The average molecular weight is 234 g/mol. The molecule has 0 bridgehead atoms. The monoisotopic (exact) mass is 234 g/mol. The molecule has 0 aromatic heterocycles. The Hall–Kier alpha value is -0.390. The van der Waals surface area contributed by atoms with E-state index in [0.29, 0.717) is 12.8 Å². The highest BCUT2D eigenvalue weighted by molar-refractivity contribution is 4.56. The second-order valence-electron chi connectivity index (χ2n) is 3.29. The molecule has 0 aliphatic carbocycles. The molecule has 0 aliphatic heterocycles. The van der Waals surface area contributed by atoms with E-state index in [1.807, 2.05) is 0 Å². The number of unbranched alkanes of at least 4 members (excludes halogenated alkanes) is 2. The smallest absolute Gasteiger partial charge is 0.347 e. The maximum atomic E-state index is 12.7. The normalized spacial score (nSPS) is 14.2. The molecule has 15 heavy (non-hydrogen) atoms. The first-order valence-corrected chi connectivity index (χ1v) is 4.80. The van der Waals surface area contributed by atoms with Gasteiger partial charge in [0.15, 0.2) is 6.86 Å². The van der Waals surface area contributed by atoms with E-state index >= 15 is 0 Å². The van der Waals surface area contributed by atoms with Crippen LogP contribution in [0.2, 0.25) is 0 Å². The molecule has 0 saturated carbocycles. The summed E-state index contributed by atoms with van der Waals surface area (Å²) in [5.74, 6) is 0. The molecule has 0 fully saturated rings. The molecule has 0 heterocycles. The summed E-state index contributed by atoms with van der Waals surface area (Å²) in [6.07, 6.45) is -5.41. The van der Waals surface area contributed by atoms with Gasteiger partial charge in [0.2, 0.25) is 0 Å². The minimum absolute atomic E-state index is 0.0141. The molecule has 0 N–H and O–H groups in total. The molecule has 1 unspecified atom stereocenters. The molecule has 0 aromatic carbocycles. The van der Waals surface area contributed by atoms with E-state index in [1.165, 1.54) is 0 Å². The van der Waals surface area contributed by atoms with Gasteiger partial charge < -0.3 is 4.74 Å². The Kier molecular flexibility index (Phi) is 7.64. The summed E-state index contributed by atoms with van der Waals surface area (Å²) >= 11 is 0. The fourth-order valence-electron chi connectivity index (χ4n) is 1.12. The van der Waals surface area contributed by atoms with Gasteiger partial charge in [0, 0.05) is 6.42 Å². The van der Waals surface area contributed by atoms with E-state index in [4.69, 9.17) is 0 Å². The van der Waals surface area contributed by atoms with Crippen LogP contribution < -0.4 is 0 Å². The third-order valence-corrected chi connectivity index (χ3v) is 1.85. The molecule has 1 nitrogen and oxygen atoms in total. The zero-order valence-corrected chi connectivity index (χ0v) is 8.33. The molecule has 0 radical (unpaired) electrons. The van der Waals surface area contributed by atoms with Crippen molar-refractivity contribution >= 4 is 0 Å². The first-order chi connectivity index (χ1) is 6.95. The highest BCUT2D eigenvalue weighted by Crippen LogP contribution is 2.23. The van der Waals surface area contributed by atoms with Gasteiger partial charge in [-0.2, -0.15) is 13.2 Å². The molecule has 1 atom stereocenters. The molecule has 92 valence electrons. The van der Waals surface area contributed by atoms with Crippen molar-refractivity contribution in [2.75, 3.05) is 13.5 Å². The lowest BCUT2D eigenvalue weighted by Gasteiger charge is -2.08. The van der Waals surface area contributed by atoms with Crippen molar-refractivity contribution in [3.63, 3.8) is 0 Å². The van der Waals surface area contributed by atoms with Crippen molar-refractivity contribution < 1.29 is 26.7 Å². The Morgan fingerprint density at radius 3 is 2.27 bits per heavy atom. The lowest BCUT2D eigenvalue weighted by molar-refractivity contribution is -0.135. The Labute approximate surface area is 85.6 Å². The van der Waals surface area contributed by atoms with Gasteiger partial charge in [-0.3, -0.25) is 0 Å². The molecule has 0 rings (SSSR count). The first-order valence-electron chi connectivity index (χ1n) is 4.80. The van der Waals surface area contributed by atoms with E-state index < -0.39 is 25.6 Å². The van der Waals surface area contributed by atoms with Crippen LogP contribution >= 0.6 is 0 Å². The lowest BCUT2D eigenvalue weighted by Crippen LogP contribution is -2.10. The van der Waals surface area contributed by atoms with Crippen LogP contribution in [0.15, 0.2) is 0 Å². The molecule has 0 aliphatic rings. The maximum Gasteiger partial charge on any atom is 0.389 e. The Morgan fingerprint density at radius 2 is 1.73 bits per heavy atom. The van der Waals surface area contributed by atoms with Crippen molar-refractivity contribution in [3.8, 4) is 0 Å². The summed E-state index contributed by atoms with van der Waals surface area (Å²) in [5, 5.41) is 0. The van der Waals surface area contributed by atoms with Crippen LogP contribution in [0.25, 0.3) is 0 Å². The third kappa shape index (κ3) is 11.5. The number of halogens is 5. The zero-order valence-electron chi connectivity index (χ0n) is 8.33. The van der Waals surface area contributed by atoms with Crippen LogP contribution in [-0.2, 0) is 4.74 Å². The number of ether oxygens (including phenoxy) is 1. The molecule has 0 spiro atoms. The van der Waals surface area contributed by atoms with E-state index in [1.54, 1.807) is 0 Å². The molecular formula is C9H15F5O. The molecule has 0 saturated heterocycles. The zero-order chi connectivity index (χ0) is 11.7. The van der Waals surface area contributed by atoms with Crippen molar-refractivity contribution in [3.05, 3.63) is 0 Å². The van der Waals surface area contributed by atoms with Gasteiger partial charge >= 0.3 is 6.18 Å². The minimum Gasteiger partial charge on any atom is -0.347 e. The fraction of sp³-hybridized carbons (Fsp3) is 1.00. The average Bonchev–Trinajstić information content (AvgIpc) is 2.12. The van der Waals surface area contributed by atoms with Crippen LogP contribution in [0.3, 0.4) is 0 Å². The predicted octanol–water partition coefficient (Wildman–Crippen LogP) is 3.78. The van der Waals surface area contributed by atoms with E-state index in [0.717, 1.165) is 0 Å². The van der Waals surface area contributed by atoms with E-state index in [9.17, 15) is 22.0 Å². The third-order valence-electron chi connectivity index (χ3n) is 1.85. The highest BCUT2D eigenvalue weighted by Gasteiger charge is 2.25. The largest absolute Gasteiger partial charge is 0.389 e. The van der Waals surface area contributed by atoms with Crippen LogP contribution in [0.5, 0.6) is 0 Å². The molecule has 0 aromatic rings. The van der Waals surface area contributed by atoms with Gasteiger partial charge in [-0.1, -0.05) is 12.8 Å². The Balaban J connectivity index is 3.23. The van der Waals surface area contributed by atoms with Crippen molar-refractivity contribution in [1.29, 1.82) is 0 Å². The minimum atomic E-state index is -4.13. The summed E-state index contributed by atoms with van der Waals surface area (Å²) in [6, 6.07) is 0. The van der Waals surface area contributed by atoms with Crippen LogP contribution in [0.4, 0.5) is 22.0 Å². The van der Waals surface area contributed by atoms with Crippen LogP contribution in [0.1, 0.15) is 32.1 Å². The number of hydrogen-bond donors (Lipinski definition) is 0. The lowest BCUT2D eigenvalue weighted by atomic mass is 10.1. The van der Waals surface area contributed by atoms with Crippen molar-refractivity contribution in [1.82, 2.24) is 0 Å².